The quantitative estimate of drug-likeness (QED) is 0.390. The molecule has 0 aliphatic heterocycles. The van der Waals surface area contributed by atoms with E-state index in [2.05, 4.69) is 57.2 Å². The molecule has 0 aliphatic rings. The predicted molar refractivity (Wildman–Crippen MR) is 119 cm³/mol. The van der Waals surface area contributed by atoms with Gasteiger partial charge in [-0.05, 0) is 54.8 Å². The minimum Gasteiger partial charge on any atom is -0.497 e. The standard InChI is InChI=1S/C26H25NO2/c1-17(2)19-6-8-20(9-7-19)26-16-24(23-15-18(3)5-14-25(23)29-26)27-21-10-12-22(28-4)13-11-21/h5-17H,1-4H3. The zero-order chi connectivity index (χ0) is 20.4. The highest BCUT2D eigenvalue weighted by molar-refractivity contribution is 5.79. The van der Waals surface area contributed by atoms with Crippen molar-refractivity contribution in [3.8, 4) is 17.1 Å². The van der Waals surface area contributed by atoms with E-state index in [9.17, 15) is 0 Å². The Bertz CT molecular complexity index is 1200. The molecule has 3 nitrogen and oxygen atoms in total. The Morgan fingerprint density at radius 1 is 0.862 bits per heavy atom. The number of hydrogen-bond donors (Lipinski definition) is 0. The first kappa shape index (κ1) is 19.0. The molecule has 0 N–H and O–H groups in total. The maximum atomic E-state index is 6.24. The van der Waals surface area contributed by atoms with Crippen LogP contribution in [0.2, 0.25) is 0 Å². The molecule has 0 saturated heterocycles. The van der Waals surface area contributed by atoms with Crippen LogP contribution in [-0.2, 0) is 0 Å². The number of benzene rings is 3. The molecule has 0 aliphatic carbocycles. The van der Waals surface area contributed by atoms with Crippen molar-refractivity contribution in [3.63, 3.8) is 0 Å². The molecule has 4 aromatic rings. The molecule has 29 heavy (non-hydrogen) atoms. The molecule has 0 amide bonds. The van der Waals surface area contributed by atoms with Gasteiger partial charge in [0.05, 0.1) is 18.2 Å². The van der Waals surface area contributed by atoms with E-state index in [1.807, 2.05) is 36.4 Å². The van der Waals surface area contributed by atoms with Crippen LogP contribution in [0.1, 0.15) is 30.9 Å². The van der Waals surface area contributed by atoms with E-state index in [0.717, 1.165) is 39.1 Å². The van der Waals surface area contributed by atoms with Crippen molar-refractivity contribution in [2.24, 2.45) is 4.99 Å². The number of hydrogen-bond acceptors (Lipinski definition) is 3. The van der Waals surface area contributed by atoms with Gasteiger partial charge in [-0.2, -0.15) is 0 Å². The Hall–Kier alpha value is -3.33. The first-order valence-electron chi connectivity index (χ1n) is 9.87. The molecule has 1 heterocycles. The number of methoxy groups -OCH3 is 1. The van der Waals surface area contributed by atoms with E-state index in [-0.39, 0.29) is 0 Å². The van der Waals surface area contributed by atoms with Crippen molar-refractivity contribution in [1.82, 2.24) is 0 Å². The summed E-state index contributed by atoms with van der Waals surface area (Å²) in [5, 5.41) is 1.89. The number of fused-ring (bicyclic) bond motifs is 1. The van der Waals surface area contributed by atoms with Crippen molar-refractivity contribution >= 4 is 16.7 Å². The van der Waals surface area contributed by atoms with Gasteiger partial charge in [-0.1, -0.05) is 49.7 Å². The van der Waals surface area contributed by atoms with Gasteiger partial charge < -0.3 is 9.15 Å². The number of rotatable bonds is 4. The molecule has 0 saturated carbocycles. The molecule has 146 valence electrons. The van der Waals surface area contributed by atoms with Gasteiger partial charge in [-0.15, -0.1) is 0 Å². The van der Waals surface area contributed by atoms with Crippen molar-refractivity contribution in [2.45, 2.75) is 26.7 Å². The monoisotopic (exact) mass is 383 g/mol. The average molecular weight is 383 g/mol. The van der Waals surface area contributed by atoms with Gasteiger partial charge >= 0.3 is 0 Å². The second-order valence-corrected chi connectivity index (χ2v) is 7.58. The SMILES string of the molecule is COc1ccc(N=c2cc(-c3ccc(C(C)C)cc3)oc3ccc(C)cc23)cc1. The van der Waals surface area contributed by atoms with Gasteiger partial charge in [-0.25, -0.2) is 4.99 Å². The lowest BCUT2D eigenvalue weighted by molar-refractivity contribution is 0.415. The zero-order valence-corrected chi connectivity index (χ0v) is 17.3. The molecule has 1 aromatic heterocycles. The summed E-state index contributed by atoms with van der Waals surface area (Å²) in [5.41, 5.74) is 5.23. The fourth-order valence-corrected chi connectivity index (χ4v) is 3.35. The largest absolute Gasteiger partial charge is 0.497 e. The van der Waals surface area contributed by atoms with Gasteiger partial charge in [0.15, 0.2) is 0 Å². The summed E-state index contributed by atoms with van der Waals surface area (Å²) >= 11 is 0. The van der Waals surface area contributed by atoms with Crippen LogP contribution in [0.5, 0.6) is 5.75 Å². The summed E-state index contributed by atoms with van der Waals surface area (Å²) in [7, 11) is 1.66. The summed E-state index contributed by atoms with van der Waals surface area (Å²) < 4.78 is 11.5. The van der Waals surface area contributed by atoms with Crippen LogP contribution in [0.15, 0.2) is 82.2 Å². The molecular formula is C26H25NO2. The Kier molecular flexibility index (Phi) is 5.22. The fraction of sp³-hybridized carbons (Fsp3) is 0.192. The molecule has 0 bridgehead atoms. The maximum absolute atomic E-state index is 6.24. The first-order valence-corrected chi connectivity index (χ1v) is 9.87. The number of aryl methyl sites for hydroxylation is 1. The van der Waals surface area contributed by atoms with Crippen molar-refractivity contribution in [1.29, 1.82) is 0 Å². The maximum Gasteiger partial charge on any atom is 0.136 e. The van der Waals surface area contributed by atoms with Gasteiger partial charge in [0, 0.05) is 17.0 Å². The third-order valence-electron chi connectivity index (χ3n) is 5.08. The highest BCUT2D eigenvalue weighted by Gasteiger charge is 2.08. The highest BCUT2D eigenvalue weighted by atomic mass is 16.5. The number of nitrogens with zero attached hydrogens (tertiary/aromatic N) is 1. The van der Waals surface area contributed by atoms with E-state index in [4.69, 9.17) is 14.1 Å². The van der Waals surface area contributed by atoms with Gasteiger partial charge in [0.1, 0.15) is 17.1 Å². The van der Waals surface area contributed by atoms with Crippen molar-refractivity contribution in [3.05, 3.63) is 89.3 Å². The van der Waals surface area contributed by atoms with Gasteiger partial charge in [0.2, 0.25) is 0 Å². The molecule has 0 spiro atoms. The van der Waals surface area contributed by atoms with E-state index in [0.29, 0.717) is 5.92 Å². The zero-order valence-electron chi connectivity index (χ0n) is 17.3. The van der Waals surface area contributed by atoms with Gasteiger partial charge in [-0.3, -0.25) is 0 Å². The van der Waals surface area contributed by atoms with Crippen molar-refractivity contribution in [2.75, 3.05) is 7.11 Å². The molecule has 0 radical (unpaired) electrons. The Balaban J connectivity index is 1.89. The minimum absolute atomic E-state index is 0.501. The third-order valence-corrected chi connectivity index (χ3v) is 5.08. The predicted octanol–water partition coefficient (Wildman–Crippen LogP) is 6.77. The second-order valence-electron chi connectivity index (χ2n) is 7.58. The van der Waals surface area contributed by atoms with Gasteiger partial charge in [0.25, 0.3) is 0 Å². The fourth-order valence-electron chi connectivity index (χ4n) is 3.35. The van der Waals surface area contributed by atoms with Crippen LogP contribution in [-0.4, -0.2) is 7.11 Å². The summed E-state index contributed by atoms with van der Waals surface area (Å²) in [6.07, 6.45) is 0. The summed E-state index contributed by atoms with van der Waals surface area (Å²) in [6.45, 7) is 6.47. The smallest absolute Gasteiger partial charge is 0.136 e. The summed E-state index contributed by atoms with van der Waals surface area (Å²) in [4.78, 5) is 4.90. The lowest BCUT2D eigenvalue weighted by Crippen LogP contribution is -2.03. The van der Waals surface area contributed by atoms with Crippen LogP contribution in [0.3, 0.4) is 0 Å². The Labute approximate surface area is 171 Å². The Morgan fingerprint density at radius 2 is 1.59 bits per heavy atom. The van der Waals surface area contributed by atoms with E-state index in [1.165, 1.54) is 11.1 Å². The van der Waals surface area contributed by atoms with Crippen LogP contribution >= 0.6 is 0 Å². The number of ether oxygens (including phenoxy) is 1. The third kappa shape index (κ3) is 4.09. The molecule has 3 heteroatoms. The van der Waals surface area contributed by atoms with E-state index < -0.39 is 0 Å². The molecule has 3 aromatic carbocycles. The summed E-state index contributed by atoms with van der Waals surface area (Å²) in [5.74, 6) is 2.13. The van der Waals surface area contributed by atoms with E-state index >= 15 is 0 Å². The topological polar surface area (TPSA) is 34.7 Å². The molecule has 0 atom stereocenters. The summed E-state index contributed by atoms with van der Waals surface area (Å²) in [6, 6.07) is 24.5. The normalized spacial score (nSPS) is 12.0. The van der Waals surface area contributed by atoms with Crippen molar-refractivity contribution < 1.29 is 9.15 Å². The second kappa shape index (κ2) is 7.96. The van der Waals surface area contributed by atoms with Crippen LogP contribution in [0, 0.1) is 6.92 Å². The highest BCUT2D eigenvalue weighted by Crippen LogP contribution is 2.26. The molecule has 0 fully saturated rings. The molecule has 0 unspecified atom stereocenters. The van der Waals surface area contributed by atoms with Crippen LogP contribution in [0.4, 0.5) is 5.69 Å². The minimum atomic E-state index is 0.501. The van der Waals surface area contributed by atoms with Crippen LogP contribution in [0.25, 0.3) is 22.3 Å². The first-order chi connectivity index (χ1) is 14.0. The molecule has 4 rings (SSSR count). The Morgan fingerprint density at radius 3 is 2.24 bits per heavy atom. The van der Waals surface area contributed by atoms with Crippen LogP contribution < -0.4 is 10.1 Å². The average Bonchev–Trinajstić information content (AvgIpc) is 2.74. The van der Waals surface area contributed by atoms with E-state index in [1.54, 1.807) is 7.11 Å². The molecular weight excluding hydrogens is 358 g/mol. The lowest BCUT2D eigenvalue weighted by Gasteiger charge is -2.08. The lowest BCUT2D eigenvalue weighted by atomic mass is 10.0.